The number of hydrogen-bond acceptors (Lipinski definition) is 5. The van der Waals surface area contributed by atoms with Crippen molar-refractivity contribution < 1.29 is 19.0 Å². The van der Waals surface area contributed by atoms with E-state index in [1.54, 1.807) is 7.11 Å². The van der Waals surface area contributed by atoms with Gasteiger partial charge >= 0.3 is 0 Å². The Morgan fingerprint density at radius 2 is 1.60 bits per heavy atom. The predicted octanol–water partition coefficient (Wildman–Crippen LogP) is 0.559. The summed E-state index contributed by atoms with van der Waals surface area (Å²) in [6.07, 6.45) is 0. The van der Waals surface area contributed by atoms with E-state index in [4.69, 9.17) is 14.2 Å². The molecule has 1 amide bonds. The summed E-state index contributed by atoms with van der Waals surface area (Å²) in [5, 5.41) is 6.04. The second-order valence-electron chi connectivity index (χ2n) is 5.63. The minimum absolute atomic E-state index is 0.000369. The third kappa shape index (κ3) is 12.3. The molecule has 0 fully saturated rings. The van der Waals surface area contributed by atoms with E-state index >= 15 is 0 Å². The van der Waals surface area contributed by atoms with Gasteiger partial charge in [-0.25, -0.2) is 0 Å². The van der Waals surface area contributed by atoms with Gasteiger partial charge in [-0.1, -0.05) is 0 Å². The van der Waals surface area contributed by atoms with Gasteiger partial charge in [0, 0.05) is 19.2 Å². The van der Waals surface area contributed by atoms with Gasteiger partial charge in [0.1, 0.15) is 0 Å². The number of nitrogens with one attached hydrogen (secondary N) is 2. The van der Waals surface area contributed by atoms with Crippen LogP contribution in [-0.2, 0) is 19.0 Å². The van der Waals surface area contributed by atoms with Gasteiger partial charge in [-0.3, -0.25) is 4.79 Å². The molecule has 0 bridgehead atoms. The lowest BCUT2D eigenvalue weighted by Gasteiger charge is -2.23. The van der Waals surface area contributed by atoms with Crippen molar-refractivity contribution in [2.24, 2.45) is 0 Å². The maximum absolute atomic E-state index is 11.8. The number of ether oxygens (including phenoxy) is 3. The summed E-state index contributed by atoms with van der Waals surface area (Å²) in [6, 6.07) is -0.226. The fourth-order valence-corrected chi connectivity index (χ4v) is 1.38. The van der Waals surface area contributed by atoms with Crippen LogP contribution in [-0.4, -0.2) is 64.2 Å². The summed E-state index contributed by atoms with van der Waals surface area (Å²) in [5.41, 5.74) is -0.205. The molecule has 1 unspecified atom stereocenters. The van der Waals surface area contributed by atoms with Gasteiger partial charge in [-0.15, -0.1) is 0 Å². The first-order valence-corrected chi connectivity index (χ1v) is 7.06. The molecule has 0 aliphatic rings. The first-order chi connectivity index (χ1) is 9.37. The topological polar surface area (TPSA) is 68.8 Å². The highest BCUT2D eigenvalue weighted by Crippen LogP contribution is 1.99. The fraction of sp³-hybridized carbons (Fsp3) is 0.929. The predicted molar refractivity (Wildman–Crippen MR) is 78.9 cm³/mol. The van der Waals surface area contributed by atoms with Crippen LogP contribution in [0.3, 0.4) is 0 Å². The summed E-state index contributed by atoms with van der Waals surface area (Å²) in [7, 11) is 1.64. The van der Waals surface area contributed by atoms with Crippen LogP contribution in [0.4, 0.5) is 0 Å². The lowest BCUT2D eigenvalue weighted by atomic mass is 10.1. The molecule has 0 aromatic heterocycles. The van der Waals surface area contributed by atoms with Gasteiger partial charge in [0.25, 0.3) is 0 Å². The summed E-state index contributed by atoms with van der Waals surface area (Å²) >= 11 is 0. The third-order valence-electron chi connectivity index (χ3n) is 2.39. The van der Waals surface area contributed by atoms with E-state index in [1.165, 1.54) is 0 Å². The molecule has 1 atom stereocenters. The van der Waals surface area contributed by atoms with E-state index in [1.807, 2.05) is 27.7 Å². The van der Waals surface area contributed by atoms with E-state index in [0.717, 1.165) is 0 Å². The molecule has 2 N–H and O–H groups in total. The molecule has 0 heterocycles. The molecular weight excluding hydrogens is 260 g/mol. The lowest BCUT2D eigenvalue weighted by molar-refractivity contribution is -0.124. The Labute approximate surface area is 122 Å². The van der Waals surface area contributed by atoms with Crippen molar-refractivity contribution in [3.05, 3.63) is 0 Å². The molecule has 0 aromatic carbocycles. The highest BCUT2D eigenvalue weighted by Gasteiger charge is 2.18. The Morgan fingerprint density at radius 3 is 2.15 bits per heavy atom. The van der Waals surface area contributed by atoms with E-state index in [0.29, 0.717) is 39.6 Å². The normalized spacial score (nSPS) is 13.2. The van der Waals surface area contributed by atoms with E-state index in [-0.39, 0.29) is 17.5 Å². The zero-order valence-electron chi connectivity index (χ0n) is 13.5. The molecule has 120 valence electrons. The van der Waals surface area contributed by atoms with Gasteiger partial charge in [0.15, 0.2) is 0 Å². The third-order valence-corrected chi connectivity index (χ3v) is 2.39. The summed E-state index contributed by atoms with van der Waals surface area (Å²) in [5.74, 6) is 0.000369. The van der Waals surface area contributed by atoms with Crippen molar-refractivity contribution in [3.8, 4) is 0 Å². The molecule has 0 saturated carbocycles. The largest absolute Gasteiger partial charge is 0.382 e. The maximum Gasteiger partial charge on any atom is 0.237 e. The zero-order chi connectivity index (χ0) is 15.4. The molecule has 0 aromatic rings. The molecule has 0 radical (unpaired) electrons. The average molecular weight is 290 g/mol. The van der Waals surface area contributed by atoms with Crippen LogP contribution in [0.5, 0.6) is 0 Å². The molecule has 6 nitrogen and oxygen atoms in total. The number of amides is 1. The minimum Gasteiger partial charge on any atom is -0.382 e. The summed E-state index contributed by atoms with van der Waals surface area (Å²) in [4.78, 5) is 11.8. The van der Waals surface area contributed by atoms with E-state index < -0.39 is 0 Å². The van der Waals surface area contributed by atoms with Gasteiger partial charge in [0.05, 0.1) is 39.1 Å². The van der Waals surface area contributed by atoms with Crippen molar-refractivity contribution in [1.29, 1.82) is 0 Å². The quantitative estimate of drug-likeness (QED) is 0.544. The van der Waals surface area contributed by atoms with Crippen LogP contribution in [0.2, 0.25) is 0 Å². The molecule has 6 heteroatoms. The molecule has 0 saturated heterocycles. The monoisotopic (exact) mass is 290 g/mol. The number of methoxy groups -OCH3 is 1. The number of carbonyl (C=O) groups is 1. The van der Waals surface area contributed by atoms with Crippen LogP contribution in [0.1, 0.15) is 27.7 Å². The Kier molecular flexibility index (Phi) is 10.6. The molecule has 0 aliphatic heterocycles. The average Bonchev–Trinajstić information content (AvgIpc) is 2.34. The van der Waals surface area contributed by atoms with Crippen molar-refractivity contribution in [1.82, 2.24) is 10.6 Å². The SMILES string of the molecule is COCCOCCOCCNC(C)C(=O)NC(C)(C)C. The van der Waals surface area contributed by atoms with Gasteiger partial charge in [-0.05, 0) is 27.7 Å². The first-order valence-electron chi connectivity index (χ1n) is 7.06. The van der Waals surface area contributed by atoms with Gasteiger partial charge in [0.2, 0.25) is 5.91 Å². The standard InChI is InChI=1S/C14H30N2O4/c1-12(13(17)16-14(2,3)4)15-6-7-19-10-11-20-9-8-18-5/h12,15H,6-11H2,1-5H3,(H,16,17). The Bertz CT molecular complexity index is 254. The fourth-order valence-electron chi connectivity index (χ4n) is 1.38. The first kappa shape index (κ1) is 19.3. The molecule has 0 aliphatic carbocycles. The molecular formula is C14H30N2O4. The number of carbonyl (C=O) groups excluding carboxylic acids is 1. The summed E-state index contributed by atoms with van der Waals surface area (Å²) < 4.78 is 15.5. The Balaban J connectivity index is 3.44. The zero-order valence-corrected chi connectivity index (χ0v) is 13.5. The maximum atomic E-state index is 11.8. The van der Waals surface area contributed by atoms with Gasteiger partial charge in [-0.2, -0.15) is 0 Å². The molecule has 20 heavy (non-hydrogen) atoms. The van der Waals surface area contributed by atoms with Crippen LogP contribution < -0.4 is 10.6 Å². The second kappa shape index (κ2) is 11.0. The molecule has 0 rings (SSSR count). The van der Waals surface area contributed by atoms with Crippen molar-refractivity contribution in [2.45, 2.75) is 39.3 Å². The highest BCUT2D eigenvalue weighted by molar-refractivity contribution is 5.81. The van der Waals surface area contributed by atoms with Gasteiger partial charge < -0.3 is 24.8 Å². The van der Waals surface area contributed by atoms with Crippen LogP contribution in [0.25, 0.3) is 0 Å². The minimum atomic E-state index is -0.226. The van der Waals surface area contributed by atoms with E-state index in [9.17, 15) is 4.79 Å². The second-order valence-corrected chi connectivity index (χ2v) is 5.63. The van der Waals surface area contributed by atoms with E-state index in [2.05, 4.69) is 10.6 Å². The van der Waals surface area contributed by atoms with Crippen LogP contribution in [0, 0.1) is 0 Å². The Hall–Kier alpha value is -0.690. The van der Waals surface area contributed by atoms with Crippen LogP contribution >= 0.6 is 0 Å². The summed E-state index contributed by atoms with van der Waals surface area (Å²) in [6.45, 7) is 11.2. The van der Waals surface area contributed by atoms with Crippen LogP contribution in [0.15, 0.2) is 0 Å². The highest BCUT2D eigenvalue weighted by atomic mass is 16.5. The number of hydrogen-bond donors (Lipinski definition) is 2. The molecule has 0 spiro atoms. The smallest absolute Gasteiger partial charge is 0.237 e. The van der Waals surface area contributed by atoms with Crippen molar-refractivity contribution in [3.63, 3.8) is 0 Å². The van der Waals surface area contributed by atoms with Crippen molar-refractivity contribution in [2.75, 3.05) is 46.7 Å². The Morgan fingerprint density at radius 1 is 1.05 bits per heavy atom. The van der Waals surface area contributed by atoms with Crippen molar-refractivity contribution >= 4 is 5.91 Å². The number of rotatable bonds is 11. The lowest BCUT2D eigenvalue weighted by Crippen LogP contribution is -2.50.